The van der Waals surface area contributed by atoms with Gasteiger partial charge >= 0.3 is 0 Å². The van der Waals surface area contributed by atoms with Crippen LogP contribution in [0.15, 0.2) is 94.4 Å². The normalized spacial score (nSPS) is 19.8. The molecular formula is C47H64N2O2S2. The van der Waals surface area contributed by atoms with Crippen molar-refractivity contribution in [3.05, 3.63) is 112 Å². The van der Waals surface area contributed by atoms with Gasteiger partial charge in [-0.2, -0.15) is 0 Å². The molecule has 3 N–H and O–H groups in total. The predicted molar refractivity (Wildman–Crippen MR) is 230 cm³/mol. The Balaban J connectivity index is 0.000000216. The van der Waals surface area contributed by atoms with Gasteiger partial charge in [0.1, 0.15) is 5.75 Å². The van der Waals surface area contributed by atoms with Crippen LogP contribution in [0.5, 0.6) is 5.75 Å². The zero-order valence-electron chi connectivity index (χ0n) is 32.9. The highest BCUT2D eigenvalue weighted by Gasteiger charge is 2.45. The Bertz CT molecular complexity index is 1660. The second-order valence-corrected chi connectivity index (χ2v) is 17.7. The van der Waals surface area contributed by atoms with E-state index in [2.05, 4.69) is 99.7 Å². The zero-order chi connectivity index (χ0) is 37.6. The van der Waals surface area contributed by atoms with Crippen LogP contribution in [0.25, 0.3) is 4.91 Å². The number of fused-ring (bicyclic) bond motifs is 1. The number of hydrogen-bond acceptors (Lipinski definition) is 6. The Labute approximate surface area is 329 Å². The Morgan fingerprint density at radius 3 is 2.53 bits per heavy atom. The molecule has 2 aliphatic heterocycles. The molecule has 2 atom stereocenters. The van der Waals surface area contributed by atoms with E-state index in [1.165, 1.54) is 96.9 Å². The number of thioether (sulfide) groups is 2. The highest BCUT2D eigenvalue weighted by Crippen LogP contribution is 2.50. The molecule has 1 saturated carbocycles. The number of nitrogens with one attached hydrogen (secondary N) is 2. The van der Waals surface area contributed by atoms with E-state index in [4.69, 9.17) is 0 Å². The van der Waals surface area contributed by atoms with Crippen molar-refractivity contribution < 1.29 is 9.90 Å². The molecule has 4 nitrogen and oxygen atoms in total. The van der Waals surface area contributed by atoms with Gasteiger partial charge in [-0.1, -0.05) is 149 Å². The van der Waals surface area contributed by atoms with Gasteiger partial charge in [0.15, 0.2) is 5.12 Å². The van der Waals surface area contributed by atoms with E-state index in [0.29, 0.717) is 17.9 Å². The highest BCUT2D eigenvalue weighted by molar-refractivity contribution is 8.14. The van der Waals surface area contributed by atoms with Crippen LogP contribution >= 0.6 is 23.5 Å². The van der Waals surface area contributed by atoms with Crippen molar-refractivity contribution in [2.75, 3.05) is 13.1 Å². The van der Waals surface area contributed by atoms with E-state index < -0.39 is 0 Å². The van der Waals surface area contributed by atoms with E-state index in [1.807, 2.05) is 6.07 Å². The Hall–Kier alpha value is -2.93. The molecule has 0 radical (unpaired) electrons. The van der Waals surface area contributed by atoms with Crippen LogP contribution in [0.3, 0.4) is 0 Å². The molecule has 4 aliphatic rings. The van der Waals surface area contributed by atoms with E-state index in [9.17, 15) is 9.90 Å². The largest absolute Gasteiger partial charge is 0.508 e. The molecule has 0 amide bonds. The first kappa shape index (κ1) is 41.2. The van der Waals surface area contributed by atoms with Crippen molar-refractivity contribution in [2.45, 2.75) is 135 Å². The summed E-state index contributed by atoms with van der Waals surface area (Å²) in [6.07, 6.45) is 29.4. The molecule has 2 heterocycles. The molecule has 0 bridgehead atoms. The number of phenols is 1. The molecule has 0 aromatic heterocycles. The topological polar surface area (TPSA) is 61.4 Å². The minimum absolute atomic E-state index is 0.114. The summed E-state index contributed by atoms with van der Waals surface area (Å²) in [5, 5.41) is 17.4. The molecule has 2 aromatic carbocycles. The van der Waals surface area contributed by atoms with Gasteiger partial charge in [-0.25, -0.2) is 0 Å². The second kappa shape index (κ2) is 20.7. The van der Waals surface area contributed by atoms with Gasteiger partial charge in [0.2, 0.25) is 0 Å². The Kier molecular flexibility index (Phi) is 16.1. The summed E-state index contributed by atoms with van der Waals surface area (Å²) in [6.45, 7) is 15.1. The Morgan fingerprint density at radius 2 is 1.83 bits per heavy atom. The van der Waals surface area contributed by atoms with Crippen molar-refractivity contribution in [1.29, 1.82) is 0 Å². The first-order valence-corrected chi connectivity index (χ1v) is 22.1. The van der Waals surface area contributed by atoms with E-state index in [1.54, 1.807) is 29.0 Å². The first-order valence-electron chi connectivity index (χ1n) is 20.4. The monoisotopic (exact) mass is 752 g/mol. The molecule has 1 fully saturated rings. The van der Waals surface area contributed by atoms with Crippen molar-refractivity contribution in [1.82, 2.24) is 10.6 Å². The zero-order valence-corrected chi connectivity index (χ0v) is 34.5. The lowest BCUT2D eigenvalue weighted by molar-refractivity contribution is -0.110. The van der Waals surface area contributed by atoms with Gasteiger partial charge in [0, 0.05) is 33.2 Å². The summed E-state index contributed by atoms with van der Waals surface area (Å²) in [6, 6.07) is 13.1. The molecule has 6 heteroatoms. The van der Waals surface area contributed by atoms with Gasteiger partial charge in [-0.15, -0.1) is 0 Å². The summed E-state index contributed by atoms with van der Waals surface area (Å²) in [5.74, 6) is 1.11. The maximum Gasteiger partial charge on any atom is 0.198 e. The van der Waals surface area contributed by atoms with Gasteiger partial charge in [0.25, 0.3) is 0 Å². The van der Waals surface area contributed by atoms with Crippen LogP contribution in [0.1, 0.15) is 127 Å². The first-order chi connectivity index (χ1) is 25.8. The quantitative estimate of drug-likeness (QED) is 0.148. The molecule has 2 aromatic rings. The number of carbonyl (C=O) groups excluding carboxylic acids is 1. The van der Waals surface area contributed by atoms with Crippen LogP contribution in [0.4, 0.5) is 0 Å². The van der Waals surface area contributed by atoms with E-state index >= 15 is 0 Å². The van der Waals surface area contributed by atoms with Crippen molar-refractivity contribution in [3.8, 4) is 5.75 Å². The second-order valence-electron chi connectivity index (χ2n) is 15.4. The van der Waals surface area contributed by atoms with Crippen LogP contribution < -0.4 is 10.6 Å². The van der Waals surface area contributed by atoms with E-state index in [-0.39, 0.29) is 10.9 Å². The number of phenolic OH excluding ortho intramolecular Hbond substituents is 1. The summed E-state index contributed by atoms with van der Waals surface area (Å²) in [7, 11) is 0. The molecule has 0 spiro atoms. The third-order valence-electron chi connectivity index (χ3n) is 11.7. The van der Waals surface area contributed by atoms with Crippen LogP contribution in [0.2, 0.25) is 0 Å². The van der Waals surface area contributed by atoms with Crippen LogP contribution in [-0.2, 0) is 24.1 Å². The number of hydrogen-bond donors (Lipinski definition) is 3. The van der Waals surface area contributed by atoms with Crippen LogP contribution in [0, 0.1) is 11.3 Å². The average molecular weight is 753 g/mol. The van der Waals surface area contributed by atoms with Crippen molar-refractivity contribution in [3.63, 3.8) is 0 Å². The molecule has 6 rings (SSSR count). The molecule has 286 valence electrons. The third kappa shape index (κ3) is 11.1. The van der Waals surface area contributed by atoms with Gasteiger partial charge in [-0.05, 0) is 118 Å². The minimum atomic E-state index is 0.114. The Morgan fingerprint density at radius 1 is 1.06 bits per heavy atom. The lowest BCUT2D eigenvalue weighted by atomic mass is 9.60. The molecular weight excluding hydrogens is 689 g/mol. The lowest BCUT2D eigenvalue weighted by Gasteiger charge is -2.47. The maximum absolute atomic E-state index is 11.7. The van der Waals surface area contributed by atoms with Crippen molar-refractivity contribution in [2.24, 2.45) is 11.3 Å². The fraction of sp³-hybridized carbons (Fsp3) is 0.511. The van der Waals surface area contributed by atoms with Crippen LogP contribution in [-0.4, -0.2) is 29.4 Å². The summed E-state index contributed by atoms with van der Waals surface area (Å²) in [4.78, 5) is 15.2. The molecule has 53 heavy (non-hydrogen) atoms. The number of carbonyl (C=O) groups is 1. The summed E-state index contributed by atoms with van der Waals surface area (Å²) in [5.41, 5.74) is 8.19. The summed E-state index contributed by atoms with van der Waals surface area (Å²) < 4.78 is 0. The standard InChI is InChI=1S/C26H31NO2S2.C21H33N/c1-4-6-18(3)30-24(5-2)20-9-7-19(8-10-20)13-15-27-16-14-21-11-12-23(28)22-17-25(29)31-26(21)22;1-3-10-17-15-20(22-16-17)21(2,18-11-6-4-7-12-18)19-13-8-5-9-14-19/h5,7-12,27-28H,3-4,6,13-17H2,1-2H3;4,6,11,16,19-20,22H,3,5,7-10,12-15H2,1-2H3/b24-5-;. The highest BCUT2D eigenvalue weighted by atomic mass is 32.2. The number of allylic oxidation sites excluding steroid dienone is 5. The molecule has 2 aliphatic carbocycles. The third-order valence-corrected chi connectivity index (χ3v) is 14.0. The average Bonchev–Trinajstić information content (AvgIpc) is 3.83. The molecule has 2 unspecified atom stereocenters. The fourth-order valence-electron chi connectivity index (χ4n) is 8.64. The fourth-order valence-corrected chi connectivity index (χ4v) is 10.7. The number of benzene rings is 2. The smallest absolute Gasteiger partial charge is 0.198 e. The minimum Gasteiger partial charge on any atom is -0.508 e. The number of rotatable bonds is 16. The van der Waals surface area contributed by atoms with Crippen molar-refractivity contribution >= 4 is 33.5 Å². The number of aromatic hydroxyl groups is 1. The SMILES string of the molecule is C=C(CCC)S/C(=C\C)c1ccc(CCNCCc2ccc(O)c3c2SC(=O)C3)cc1.CCCC1=CNC(C(C)(C2=CC=CCC2)C2CCCCC2)C1. The molecule has 0 saturated heterocycles. The predicted octanol–water partition coefficient (Wildman–Crippen LogP) is 12.2. The lowest BCUT2D eigenvalue weighted by Crippen LogP contribution is -2.46. The maximum atomic E-state index is 11.7. The van der Waals surface area contributed by atoms with Gasteiger partial charge in [0.05, 0.1) is 0 Å². The summed E-state index contributed by atoms with van der Waals surface area (Å²) >= 11 is 3.04. The van der Waals surface area contributed by atoms with Gasteiger partial charge in [-0.3, -0.25) is 4.79 Å². The van der Waals surface area contributed by atoms with E-state index in [0.717, 1.165) is 60.7 Å². The van der Waals surface area contributed by atoms with Gasteiger partial charge < -0.3 is 15.7 Å².